The predicted molar refractivity (Wildman–Crippen MR) is 98.6 cm³/mol. The van der Waals surface area contributed by atoms with Gasteiger partial charge in [-0.2, -0.15) is 0 Å². The minimum Gasteiger partial charge on any atom is -0.325 e. The zero-order valence-electron chi connectivity index (χ0n) is 14.9. The summed E-state index contributed by atoms with van der Waals surface area (Å²) in [5.74, 6) is 1.66. The Labute approximate surface area is 148 Å². The summed E-state index contributed by atoms with van der Waals surface area (Å²) in [4.78, 5) is 16.9. The first-order chi connectivity index (χ1) is 12.0. The molecule has 5 nitrogen and oxygen atoms in total. The smallest absolute Gasteiger partial charge is 0.241 e. The van der Waals surface area contributed by atoms with Crippen LogP contribution >= 0.6 is 0 Å². The topological polar surface area (TPSA) is 72.9 Å². The number of amides is 1. The fourth-order valence-electron chi connectivity index (χ4n) is 3.80. The Morgan fingerprint density at radius 1 is 1.16 bits per heavy atom. The number of imidazole rings is 1. The highest BCUT2D eigenvalue weighted by Gasteiger charge is 2.46. The van der Waals surface area contributed by atoms with Crippen LogP contribution < -0.4 is 11.1 Å². The van der Waals surface area contributed by atoms with Crippen molar-refractivity contribution in [2.24, 2.45) is 23.5 Å². The quantitative estimate of drug-likeness (QED) is 0.849. The van der Waals surface area contributed by atoms with Gasteiger partial charge in [-0.15, -0.1) is 0 Å². The maximum atomic E-state index is 12.6. The summed E-state index contributed by atoms with van der Waals surface area (Å²) in [5, 5.41) is 3.00. The van der Waals surface area contributed by atoms with Crippen LogP contribution in [0.2, 0.25) is 0 Å². The Morgan fingerprint density at radius 3 is 2.24 bits per heavy atom. The SMILES string of the molecule is Cc1ncn(-c2ccc(NC(=O)[C@@H](N)C(C3CC3)C3CC3)cc2)c1C. The molecule has 1 aromatic carbocycles. The Balaban J connectivity index is 1.43. The summed E-state index contributed by atoms with van der Waals surface area (Å²) in [6.07, 6.45) is 6.77. The maximum absolute atomic E-state index is 12.6. The molecule has 1 heterocycles. The van der Waals surface area contributed by atoms with Gasteiger partial charge in [0.05, 0.1) is 18.1 Å². The zero-order chi connectivity index (χ0) is 17.6. The standard InChI is InChI=1S/C20H26N4O/c1-12-13(2)24(11-22-12)17-9-7-16(8-10-17)23-20(25)19(21)18(14-3-4-14)15-5-6-15/h7-11,14-15,18-19H,3-6,21H2,1-2H3,(H,23,25)/t19-/m0/s1. The minimum atomic E-state index is -0.391. The van der Waals surface area contributed by atoms with E-state index in [1.807, 2.05) is 49.0 Å². The summed E-state index contributed by atoms with van der Waals surface area (Å²) in [6, 6.07) is 7.46. The molecule has 2 fully saturated rings. The average molecular weight is 338 g/mol. The molecule has 4 rings (SSSR count). The van der Waals surface area contributed by atoms with Crippen LogP contribution in [0.25, 0.3) is 5.69 Å². The summed E-state index contributed by atoms with van der Waals surface area (Å²) >= 11 is 0. The lowest BCUT2D eigenvalue weighted by Gasteiger charge is -2.23. The molecule has 1 amide bonds. The Hall–Kier alpha value is -2.14. The van der Waals surface area contributed by atoms with Crippen LogP contribution in [0, 0.1) is 31.6 Å². The molecule has 1 aromatic heterocycles. The number of rotatable bonds is 6. The van der Waals surface area contributed by atoms with Crippen LogP contribution in [0.5, 0.6) is 0 Å². The van der Waals surface area contributed by atoms with Crippen molar-refractivity contribution in [2.75, 3.05) is 5.32 Å². The number of carbonyl (C=O) groups is 1. The highest BCUT2D eigenvalue weighted by molar-refractivity contribution is 5.95. The fourth-order valence-corrected chi connectivity index (χ4v) is 3.80. The van der Waals surface area contributed by atoms with Gasteiger partial charge in [0, 0.05) is 17.1 Å². The van der Waals surface area contributed by atoms with Gasteiger partial charge in [-0.25, -0.2) is 4.98 Å². The molecule has 0 radical (unpaired) electrons. The number of anilines is 1. The summed E-state index contributed by atoms with van der Waals surface area (Å²) in [7, 11) is 0. The summed E-state index contributed by atoms with van der Waals surface area (Å²) < 4.78 is 2.04. The van der Waals surface area contributed by atoms with E-state index in [1.54, 1.807) is 0 Å². The van der Waals surface area contributed by atoms with Crippen LogP contribution in [0.1, 0.15) is 37.1 Å². The van der Waals surface area contributed by atoms with Crippen molar-refractivity contribution >= 4 is 11.6 Å². The lowest BCUT2D eigenvalue weighted by Crippen LogP contribution is -2.43. The molecule has 0 unspecified atom stereocenters. The maximum Gasteiger partial charge on any atom is 0.241 e. The molecule has 5 heteroatoms. The van der Waals surface area contributed by atoms with Crippen LogP contribution in [0.15, 0.2) is 30.6 Å². The monoisotopic (exact) mass is 338 g/mol. The van der Waals surface area contributed by atoms with Gasteiger partial charge in [0.15, 0.2) is 0 Å². The molecule has 2 saturated carbocycles. The molecule has 2 aliphatic carbocycles. The van der Waals surface area contributed by atoms with Crippen molar-refractivity contribution in [1.29, 1.82) is 0 Å². The highest BCUT2D eigenvalue weighted by atomic mass is 16.2. The molecular weight excluding hydrogens is 312 g/mol. The van der Waals surface area contributed by atoms with Crippen LogP contribution in [-0.4, -0.2) is 21.5 Å². The molecule has 2 aliphatic rings. The van der Waals surface area contributed by atoms with Gasteiger partial charge in [-0.3, -0.25) is 4.79 Å². The van der Waals surface area contributed by atoms with Crippen molar-refractivity contribution in [1.82, 2.24) is 9.55 Å². The summed E-state index contributed by atoms with van der Waals surface area (Å²) in [6.45, 7) is 4.05. The molecule has 25 heavy (non-hydrogen) atoms. The fraction of sp³-hybridized carbons (Fsp3) is 0.500. The van der Waals surface area contributed by atoms with Gasteiger partial charge in [-0.05, 0) is 81.5 Å². The Morgan fingerprint density at radius 2 is 1.76 bits per heavy atom. The number of hydrogen-bond donors (Lipinski definition) is 2. The van der Waals surface area contributed by atoms with E-state index in [4.69, 9.17) is 5.73 Å². The molecule has 0 bridgehead atoms. The second kappa shape index (κ2) is 6.30. The highest BCUT2D eigenvalue weighted by Crippen LogP contribution is 2.50. The van der Waals surface area contributed by atoms with Crippen molar-refractivity contribution in [3.63, 3.8) is 0 Å². The largest absolute Gasteiger partial charge is 0.325 e. The van der Waals surface area contributed by atoms with Crippen molar-refractivity contribution in [2.45, 2.75) is 45.6 Å². The van der Waals surface area contributed by atoms with E-state index in [2.05, 4.69) is 10.3 Å². The number of hydrogen-bond acceptors (Lipinski definition) is 3. The van der Waals surface area contributed by atoms with E-state index in [1.165, 1.54) is 25.7 Å². The minimum absolute atomic E-state index is 0.0498. The number of aromatic nitrogens is 2. The van der Waals surface area contributed by atoms with Crippen molar-refractivity contribution in [3.8, 4) is 5.69 Å². The molecule has 1 atom stereocenters. The van der Waals surface area contributed by atoms with Crippen LogP contribution in [-0.2, 0) is 4.79 Å². The number of carbonyl (C=O) groups excluding carboxylic acids is 1. The molecule has 0 aliphatic heterocycles. The molecule has 132 valence electrons. The zero-order valence-corrected chi connectivity index (χ0v) is 14.9. The van der Waals surface area contributed by atoms with Crippen molar-refractivity contribution in [3.05, 3.63) is 42.0 Å². The third-order valence-corrected chi connectivity index (χ3v) is 5.71. The first-order valence-corrected chi connectivity index (χ1v) is 9.22. The summed E-state index contributed by atoms with van der Waals surface area (Å²) in [5.41, 5.74) is 10.3. The van der Waals surface area contributed by atoms with E-state index in [0.717, 1.165) is 22.8 Å². The molecule has 3 N–H and O–H groups in total. The Bertz CT molecular complexity index is 759. The van der Waals surface area contributed by atoms with Crippen LogP contribution in [0.3, 0.4) is 0 Å². The third-order valence-electron chi connectivity index (χ3n) is 5.71. The lowest BCUT2D eigenvalue weighted by molar-refractivity contribution is -0.118. The lowest BCUT2D eigenvalue weighted by atomic mass is 9.89. The first-order valence-electron chi connectivity index (χ1n) is 9.22. The number of nitrogens with zero attached hydrogens (tertiary/aromatic N) is 2. The van der Waals surface area contributed by atoms with Crippen molar-refractivity contribution < 1.29 is 4.79 Å². The van der Waals surface area contributed by atoms with E-state index >= 15 is 0 Å². The van der Waals surface area contributed by atoms with E-state index < -0.39 is 6.04 Å². The van der Waals surface area contributed by atoms with Gasteiger partial charge in [0.25, 0.3) is 0 Å². The molecular formula is C20H26N4O. The Kier molecular flexibility index (Phi) is 4.12. The predicted octanol–water partition coefficient (Wildman–Crippen LogP) is 3.19. The van der Waals surface area contributed by atoms with E-state index in [9.17, 15) is 4.79 Å². The number of aryl methyl sites for hydroxylation is 1. The van der Waals surface area contributed by atoms with E-state index in [0.29, 0.717) is 17.8 Å². The third kappa shape index (κ3) is 3.33. The number of nitrogens with one attached hydrogen (secondary N) is 1. The van der Waals surface area contributed by atoms with Gasteiger partial charge >= 0.3 is 0 Å². The molecule has 2 aromatic rings. The second-order valence-electron chi connectivity index (χ2n) is 7.60. The number of benzene rings is 1. The molecule has 0 saturated heterocycles. The second-order valence-corrected chi connectivity index (χ2v) is 7.60. The first kappa shape index (κ1) is 16.3. The van der Waals surface area contributed by atoms with E-state index in [-0.39, 0.29) is 5.91 Å². The molecule has 0 spiro atoms. The van der Waals surface area contributed by atoms with Gasteiger partial charge < -0.3 is 15.6 Å². The van der Waals surface area contributed by atoms with Gasteiger partial charge in [0.1, 0.15) is 0 Å². The normalized spacial score (nSPS) is 18.4. The van der Waals surface area contributed by atoms with Gasteiger partial charge in [-0.1, -0.05) is 0 Å². The van der Waals surface area contributed by atoms with Gasteiger partial charge in [0.2, 0.25) is 5.91 Å². The number of nitrogens with two attached hydrogens (primary N) is 1. The average Bonchev–Trinajstić information content (AvgIpc) is 3.51. The van der Waals surface area contributed by atoms with Crippen LogP contribution in [0.4, 0.5) is 5.69 Å².